The van der Waals surface area contributed by atoms with Gasteiger partial charge in [-0.1, -0.05) is 0 Å². The van der Waals surface area contributed by atoms with Gasteiger partial charge in [-0.05, 0) is 6.42 Å². The van der Waals surface area contributed by atoms with E-state index in [1.54, 1.807) is 7.11 Å². The molecular formula is C9H20NO3+. The van der Waals surface area contributed by atoms with Crippen LogP contribution in [0.3, 0.4) is 0 Å². The molecule has 1 aliphatic rings. The fourth-order valence-electron chi connectivity index (χ4n) is 1.53. The van der Waals surface area contributed by atoms with Gasteiger partial charge in [0.15, 0.2) is 0 Å². The largest absolute Gasteiger partial charge is 0.393 e. The fraction of sp³-hybridized carbons (Fsp3) is 1.00. The van der Waals surface area contributed by atoms with Gasteiger partial charge in [0.25, 0.3) is 0 Å². The van der Waals surface area contributed by atoms with Crippen molar-refractivity contribution in [3.8, 4) is 0 Å². The number of methoxy groups -OCH3 is 1. The third-order valence-electron chi connectivity index (χ3n) is 2.30. The molecule has 1 fully saturated rings. The van der Waals surface area contributed by atoms with Crippen molar-refractivity contribution in [1.82, 2.24) is 0 Å². The summed E-state index contributed by atoms with van der Waals surface area (Å²) in [6.45, 7) is 3.37. The standard InChI is InChI=1S/C9H19NO3/c1-12-5-3-10-7-9-6-8(11)2-4-13-9/h8-11H,2-7H2,1H3/p+1/t8-,9+/m1/s1. The van der Waals surface area contributed by atoms with E-state index in [2.05, 4.69) is 5.32 Å². The van der Waals surface area contributed by atoms with Crippen LogP contribution in [0.25, 0.3) is 0 Å². The summed E-state index contributed by atoms with van der Waals surface area (Å²) < 4.78 is 10.4. The maximum atomic E-state index is 9.36. The van der Waals surface area contributed by atoms with Crippen LogP contribution in [0.1, 0.15) is 12.8 Å². The van der Waals surface area contributed by atoms with Crippen molar-refractivity contribution in [2.24, 2.45) is 0 Å². The lowest BCUT2D eigenvalue weighted by Gasteiger charge is -2.25. The molecular weight excluding hydrogens is 170 g/mol. The molecule has 1 rings (SSSR count). The average Bonchev–Trinajstić information content (AvgIpc) is 2.13. The summed E-state index contributed by atoms with van der Waals surface area (Å²) in [5.74, 6) is 0. The minimum absolute atomic E-state index is 0.158. The Bertz CT molecular complexity index is 132. The smallest absolute Gasteiger partial charge is 0.109 e. The highest BCUT2D eigenvalue weighted by atomic mass is 16.5. The third-order valence-corrected chi connectivity index (χ3v) is 2.30. The van der Waals surface area contributed by atoms with Crippen molar-refractivity contribution in [3.63, 3.8) is 0 Å². The van der Waals surface area contributed by atoms with E-state index in [4.69, 9.17) is 9.47 Å². The Morgan fingerprint density at radius 3 is 3.15 bits per heavy atom. The Morgan fingerprint density at radius 1 is 1.62 bits per heavy atom. The minimum Gasteiger partial charge on any atom is -0.393 e. The Balaban J connectivity index is 2.00. The van der Waals surface area contributed by atoms with E-state index in [1.807, 2.05) is 0 Å². The molecule has 0 aliphatic carbocycles. The van der Waals surface area contributed by atoms with Crippen LogP contribution in [-0.2, 0) is 9.47 Å². The van der Waals surface area contributed by atoms with Crippen LogP contribution in [0.15, 0.2) is 0 Å². The van der Waals surface area contributed by atoms with Crippen LogP contribution in [0.2, 0.25) is 0 Å². The SMILES string of the molecule is COCC[NH2+]C[C@@H]1C[C@H](O)CCO1. The number of aliphatic hydroxyl groups is 1. The highest BCUT2D eigenvalue weighted by Gasteiger charge is 2.21. The molecule has 1 heterocycles. The van der Waals surface area contributed by atoms with Crippen molar-refractivity contribution in [3.05, 3.63) is 0 Å². The highest BCUT2D eigenvalue weighted by Crippen LogP contribution is 2.11. The fourth-order valence-corrected chi connectivity index (χ4v) is 1.53. The van der Waals surface area contributed by atoms with Crippen LogP contribution < -0.4 is 5.32 Å². The van der Waals surface area contributed by atoms with Crippen molar-refractivity contribution >= 4 is 0 Å². The molecule has 0 unspecified atom stereocenters. The van der Waals surface area contributed by atoms with Gasteiger partial charge < -0.3 is 19.9 Å². The quantitative estimate of drug-likeness (QED) is 0.532. The molecule has 0 aromatic carbocycles. The normalized spacial score (nSPS) is 29.1. The molecule has 3 N–H and O–H groups in total. The van der Waals surface area contributed by atoms with Gasteiger partial charge in [0.1, 0.15) is 12.6 Å². The predicted molar refractivity (Wildman–Crippen MR) is 48.5 cm³/mol. The van der Waals surface area contributed by atoms with E-state index in [0.717, 1.165) is 32.5 Å². The Morgan fingerprint density at radius 2 is 2.46 bits per heavy atom. The molecule has 0 saturated carbocycles. The monoisotopic (exact) mass is 190 g/mol. The zero-order valence-corrected chi connectivity index (χ0v) is 8.24. The van der Waals surface area contributed by atoms with Crippen LogP contribution in [0, 0.1) is 0 Å². The number of quaternary nitrogens is 1. The van der Waals surface area contributed by atoms with Crippen LogP contribution in [-0.4, -0.2) is 50.7 Å². The first-order chi connectivity index (χ1) is 6.33. The van der Waals surface area contributed by atoms with Crippen molar-refractivity contribution < 1.29 is 19.9 Å². The van der Waals surface area contributed by atoms with Crippen LogP contribution in [0.5, 0.6) is 0 Å². The van der Waals surface area contributed by atoms with E-state index in [-0.39, 0.29) is 12.2 Å². The number of aliphatic hydroxyl groups excluding tert-OH is 1. The molecule has 13 heavy (non-hydrogen) atoms. The average molecular weight is 190 g/mol. The lowest BCUT2D eigenvalue weighted by atomic mass is 10.1. The number of hydrogen-bond acceptors (Lipinski definition) is 3. The maximum Gasteiger partial charge on any atom is 0.109 e. The number of hydrogen-bond donors (Lipinski definition) is 2. The summed E-state index contributed by atoms with van der Waals surface area (Å²) in [5.41, 5.74) is 0. The van der Waals surface area contributed by atoms with Crippen molar-refractivity contribution in [1.29, 1.82) is 0 Å². The lowest BCUT2D eigenvalue weighted by molar-refractivity contribution is -0.663. The lowest BCUT2D eigenvalue weighted by Crippen LogP contribution is -2.87. The van der Waals surface area contributed by atoms with Gasteiger partial charge >= 0.3 is 0 Å². The summed E-state index contributed by atoms with van der Waals surface area (Å²) in [6.07, 6.45) is 1.63. The minimum atomic E-state index is -0.158. The van der Waals surface area contributed by atoms with Gasteiger partial charge in [0.2, 0.25) is 0 Å². The number of ether oxygens (including phenoxy) is 2. The topological polar surface area (TPSA) is 55.3 Å². The molecule has 0 bridgehead atoms. The van der Waals surface area contributed by atoms with E-state index < -0.39 is 0 Å². The molecule has 0 amide bonds. The summed E-state index contributed by atoms with van der Waals surface area (Å²) >= 11 is 0. The number of rotatable bonds is 5. The molecule has 78 valence electrons. The van der Waals surface area contributed by atoms with Gasteiger partial charge in [0.05, 0.1) is 19.3 Å². The first kappa shape index (κ1) is 10.9. The van der Waals surface area contributed by atoms with E-state index >= 15 is 0 Å². The maximum absolute atomic E-state index is 9.36. The van der Waals surface area contributed by atoms with E-state index in [1.165, 1.54) is 0 Å². The Labute approximate surface area is 79.2 Å². The first-order valence-electron chi connectivity index (χ1n) is 4.93. The highest BCUT2D eigenvalue weighted by molar-refractivity contribution is 4.68. The molecule has 2 atom stereocenters. The molecule has 0 aromatic rings. The predicted octanol–water partition coefficient (Wildman–Crippen LogP) is -1.26. The molecule has 4 nitrogen and oxygen atoms in total. The molecule has 1 aliphatic heterocycles. The zero-order chi connectivity index (χ0) is 9.52. The second kappa shape index (κ2) is 6.32. The van der Waals surface area contributed by atoms with E-state index in [0.29, 0.717) is 6.61 Å². The molecule has 0 spiro atoms. The molecule has 1 saturated heterocycles. The van der Waals surface area contributed by atoms with Crippen molar-refractivity contribution in [2.75, 3.05) is 33.4 Å². The van der Waals surface area contributed by atoms with Crippen molar-refractivity contribution in [2.45, 2.75) is 25.0 Å². The first-order valence-corrected chi connectivity index (χ1v) is 4.93. The van der Waals surface area contributed by atoms with Gasteiger partial charge in [0, 0.05) is 20.1 Å². The van der Waals surface area contributed by atoms with Gasteiger partial charge in [-0.2, -0.15) is 0 Å². The third kappa shape index (κ3) is 4.57. The summed E-state index contributed by atoms with van der Waals surface area (Å²) in [6, 6.07) is 0. The second-order valence-corrected chi connectivity index (χ2v) is 3.48. The Kier molecular flexibility index (Phi) is 5.31. The molecule has 0 aromatic heterocycles. The summed E-state index contributed by atoms with van der Waals surface area (Å²) in [7, 11) is 1.70. The summed E-state index contributed by atoms with van der Waals surface area (Å²) in [4.78, 5) is 0. The number of nitrogens with two attached hydrogens (primary N) is 1. The Hall–Kier alpha value is -0.160. The van der Waals surface area contributed by atoms with E-state index in [9.17, 15) is 5.11 Å². The van der Waals surface area contributed by atoms with Gasteiger partial charge in [-0.15, -0.1) is 0 Å². The molecule has 0 radical (unpaired) electrons. The summed E-state index contributed by atoms with van der Waals surface area (Å²) in [5, 5.41) is 11.5. The van der Waals surface area contributed by atoms with Gasteiger partial charge in [-0.25, -0.2) is 0 Å². The molecule has 4 heteroatoms. The zero-order valence-electron chi connectivity index (χ0n) is 8.24. The van der Waals surface area contributed by atoms with Crippen LogP contribution in [0.4, 0.5) is 0 Å². The second-order valence-electron chi connectivity index (χ2n) is 3.48. The van der Waals surface area contributed by atoms with Gasteiger partial charge in [-0.3, -0.25) is 0 Å². The van der Waals surface area contributed by atoms with Crippen LogP contribution >= 0.6 is 0 Å².